The van der Waals surface area contributed by atoms with Crippen LogP contribution in [0.5, 0.6) is 0 Å². The van der Waals surface area contributed by atoms with Crippen molar-refractivity contribution in [1.29, 1.82) is 0 Å². The fraction of sp³-hybridized carbons (Fsp3) is 0.278. The molecule has 2 aromatic carbocycles. The van der Waals surface area contributed by atoms with Crippen molar-refractivity contribution in [3.8, 4) is 0 Å². The van der Waals surface area contributed by atoms with Gasteiger partial charge < -0.3 is 0 Å². The molecule has 0 bridgehead atoms. The third kappa shape index (κ3) is 3.83. The number of hydrogen-bond donors (Lipinski definition) is 0. The molecule has 0 unspecified atom stereocenters. The molecule has 0 saturated carbocycles. The maximum atomic E-state index is 12.7. The first-order valence-electron chi connectivity index (χ1n) is 7.43. The molecule has 116 valence electrons. The van der Waals surface area contributed by atoms with Gasteiger partial charge in [0.1, 0.15) is 0 Å². The number of benzene rings is 2. The molecular weight excluding hydrogens is 296 g/mol. The molecule has 0 saturated heterocycles. The lowest BCUT2D eigenvalue weighted by molar-refractivity contribution is 0.0980. The van der Waals surface area contributed by atoms with Crippen LogP contribution in [0.15, 0.2) is 65.6 Å². The van der Waals surface area contributed by atoms with Gasteiger partial charge in [-0.15, -0.1) is 0 Å². The van der Waals surface area contributed by atoms with Crippen LogP contribution in [-0.4, -0.2) is 19.5 Å². The summed E-state index contributed by atoms with van der Waals surface area (Å²) in [5.74, 6) is -0.126. The van der Waals surface area contributed by atoms with Crippen molar-refractivity contribution in [3.05, 3.63) is 66.2 Å². The first-order valence-corrected chi connectivity index (χ1v) is 8.97. The van der Waals surface area contributed by atoms with Gasteiger partial charge in [-0.3, -0.25) is 4.79 Å². The number of ketones is 1. The lowest BCUT2D eigenvalue weighted by atomic mass is 10.0. The van der Waals surface area contributed by atoms with Crippen molar-refractivity contribution >= 4 is 15.6 Å². The molecule has 0 aromatic heterocycles. The Labute approximate surface area is 131 Å². The molecule has 3 nitrogen and oxygen atoms in total. The largest absolute Gasteiger partial charge is 0.294 e. The average molecular weight is 316 g/mol. The Hall–Kier alpha value is -1.94. The minimum atomic E-state index is -3.49. The topological polar surface area (TPSA) is 51.2 Å². The van der Waals surface area contributed by atoms with Gasteiger partial charge in [-0.05, 0) is 18.6 Å². The van der Waals surface area contributed by atoms with Crippen LogP contribution in [0.25, 0.3) is 0 Å². The molecule has 2 aromatic rings. The highest BCUT2D eigenvalue weighted by molar-refractivity contribution is 7.92. The third-order valence-corrected chi connectivity index (χ3v) is 5.84. The van der Waals surface area contributed by atoms with Gasteiger partial charge in [0.2, 0.25) is 0 Å². The summed E-state index contributed by atoms with van der Waals surface area (Å²) in [5, 5.41) is -0.674. The van der Waals surface area contributed by atoms with Crippen LogP contribution in [0.1, 0.15) is 36.5 Å². The Balaban J connectivity index is 2.25. The Morgan fingerprint density at radius 2 is 1.50 bits per heavy atom. The second-order valence-electron chi connectivity index (χ2n) is 5.26. The van der Waals surface area contributed by atoms with E-state index in [4.69, 9.17) is 0 Å². The molecule has 0 amide bonds. The van der Waals surface area contributed by atoms with E-state index in [0.717, 1.165) is 6.42 Å². The predicted molar refractivity (Wildman–Crippen MR) is 87.7 cm³/mol. The number of hydrogen-bond acceptors (Lipinski definition) is 3. The molecule has 0 aliphatic carbocycles. The molecule has 0 heterocycles. The fourth-order valence-corrected chi connectivity index (χ4v) is 4.28. The van der Waals surface area contributed by atoms with Crippen LogP contribution in [0, 0.1) is 0 Å². The van der Waals surface area contributed by atoms with Gasteiger partial charge in [-0.1, -0.05) is 61.9 Å². The summed E-state index contributed by atoms with van der Waals surface area (Å²) in [6.45, 7) is 1.93. The van der Waals surface area contributed by atoms with E-state index < -0.39 is 15.1 Å². The Kier molecular flexibility index (Phi) is 5.50. The van der Waals surface area contributed by atoms with Crippen LogP contribution in [-0.2, 0) is 9.84 Å². The smallest absolute Gasteiger partial charge is 0.181 e. The summed E-state index contributed by atoms with van der Waals surface area (Å²) >= 11 is 0. The van der Waals surface area contributed by atoms with Crippen LogP contribution in [0.4, 0.5) is 0 Å². The lowest BCUT2D eigenvalue weighted by Gasteiger charge is -2.16. The standard InChI is InChI=1S/C18H20O3S/c1-2-9-17(14-18(19)15-10-5-3-6-11-15)22(20,21)16-12-7-4-8-13-16/h3-8,10-13,17H,2,9,14H2,1H3/t17-/m0/s1. The second-order valence-corrected chi connectivity index (χ2v) is 7.49. The Bertz CT molecular complexity index is 707. The minimum absolute atomic E-state index is 0.0229. The highest BCUT2D eigenvalue weighted by Gasteiger charge is 2.29. The SMILES string of the molecule is CCC[C@@H](CC(=O)c1ccccc1)S(=O)(=O)c1ccccc1. The first-order chi connectivity index (χ1) is 10.6. The number of carbonyl (C=O) groups is 1. The van der Waals surface area contributed by atoms with E-state index in [0.29, 0.717) is 12.0 Å². The zero-order chi connectivity index (χ0) is 16.0. The summed E-state index contributed by atoms with van der Waals surface area (Å²) in [5.41, 5.74) is 0.562. The van der Waals surface area contributed by atoms with Gasteiger partial charge in [0.05, 0.1) is 10.1 Å². The molecule has 0 aliphatic heterocycles. The number of sulfone groups is 1. The molecule has 0 radical (unpaired) electrons. The van der Waals surface area contributed by atoms with E-state index in [1.54, 1.807) is 54.6 Å². The summed E-state index contributed by atoms with van der Waals surface area (Å²) in [6.07, 6.45) is 1.23. The maximum Gasteiger partial charge on any atom is 0.181 e. The first kappa shape index (κ1) is 16.4. The van der Waals surface area contributed by atoms with E-state index in [1.807, 2.05) is 13.0 Å². The molecule has 0 spiro atoms. The molecule has 1 atom stereocenters. The van der Waals surface area contributed by atoms with E-state index in [9.17, 15) is 13.2 Å². The highest BCUT2D eigenvalue weighted by Crippen LogP contribution is 2.23. The number of Topliss-reactive ketones (excluding diaryl/α,β-unsaturated/α-hetero) is 1. The van der Waals surface area contributed by atoms with Gasteiger partial charge in [-0.25, -0.2) is 8.42 Å². The Morgan fingerprint density at radius 1 is 0.955 bits per heavy atom. The monoisotopic (exact) mass is 316 g/mol. The molecule has 4 heteroatoms. The molecule has 0 N–H and O–H groups in total. The van der Waals surface area contributed by atoms with Gasteiger partial charge in [0.25, 0.3) is 0 Å². The molecular formula is C18H20O3S. The van der Waals surface area contributed by atoms with E-state index in [-0.39, 0.29) is 17.1 Å². The van der Waals surface area contributed by atoms with E-state index in [1.165, 1.54) is 0 Å². The van der Waals surface area contributed by atoms with Crippen LogP contribution < -0.4 is 0 Å². The van der Waals surface area contributed by atoms with Crippen molar-refractivity contribution in [2.24, 2.45) is 0 Å². The number of rotatable bonds is 7. The third-order valence-electron chi connectivity index (χ3n) is 3.63. The summed E-state index contributed by atoms with van der Waals surface area (Å²) in [6, 6.07) is 17.2. The van der Waals surface area contributed by atoms with Crippen molar-refractivity contribution < 1.29 is 13.2 Å². The van der Waals surface area contributed by atoms with E-state index >= 15 is 0 Å². The number of carbonyl (C=O) groups excluding carboxylic acids is 1. The van der Waals surface area contributed by atoms with Crippen molar-refractivity contribution in [3.63, 3.8) is 0 Å². The predicted octanol–water partition coefficient (Wildman–Crippen LogP) is 3.90. The summed E-state index contributed by atoms with van der Waals surface area (Å²) in [4.78, 5) is 12.6. The molecule has 22 heavy (non-hydrogen) atoms. The van der Waals surface area contributed by atoms with Crippen LogP contribution >= 0.6 is 0 Å². The Morgan fingerprint density at radius 3 is 2.05 bits per heavy atom. The highest BCUT2D eigenvalue weighted by atomic mass is 32.2. The normalized spacial score (nSPS) is 12.8. The van der Waals surface area contributed by atoms with Gasteiger partial charge in [-0.2, -0.15) is 0 Å². The minimum Gasteiger partial charge on any atom is -0.294 e. The van der Waals surface area contributed by atoms with E-state index in [2.05, 4.69) is 0 Å². The zero-order valence-corrected chi connectivity index (χ0v) is 13.4. The van der Waals surface area contributed by atoms with Gasteiger partial charge in [0.15, 0.2) is 15.6 Å². The van der Waals surface area contributed by atoms with Crippen LogP contribution in [0.2, 0.25) is 0 Å². The second kappa shape index (κ2) is 7.36. The molecule has 0 fully saturated rings. The maximum absolute atomic E-state index is 12.7. The van der Waals surface area contributed by atoms with Crippen molar-refractivity contribution in [2.75, 3.05) is 0 Å². The van der Waals surface area contributed by atoms with Gasteiger partial charge >= 0.3 is 0 Å². The quantitative estimate of drug-likeness (QED) is 0.728. The fourth-order valence-electron chi connectivity index (χ4n) is 2.44. The zero-order valence-electron chi connectivity index (χ0n) is 12.6. The summed E-state index contributed by atoms with van der Waals surface area (Å²) in [7, 11) is -3.49. The lowest BCUT2D eigenvalue weighted by Crippen LogP contribution is -2.25. The molecule has 0 aliphatic rings. The van der Waals surface area contributed by atoms with Crippen molar-refractivity contribution in [2.45, 2.75) is 36.3 Å². The van der Waals surface area contributed by atoms with Crippen LogP contribution in [0.3, 0.4) is 0 Å². The summed E-state index contributed by atoms with van der Waals surface area (Å²) < 4.78 is 25.5. The average Bonchev–Trinajstić information content (AvgIpc) is 2.56. The van der Waals surface area contributed by atoms with Gasteiger partial charge in [0, 0.05) is 12.0 Å². The van der Waals surface area contributed by atoms with Crippen molar-refractivity contribution in [1.82, 2.24) is 0 Å². The molecule has 2 rings (SSSR count).